The highest BCUT2D eigenvalue weighted by molar-refractivity contribution is 5.82. The molecule has 3 heteroatoms. The molecule has 1 unspecified atom stereocenters. The SMILES string of the molecule is CNC(c1cc(C)c2ccccc2n1)c1ccccc1F. The Labute approximate surface area is 123 Å². The Hall–Kier alpha value is -2.26. The van der Waals surface area contributed by atoms with Gasteiger partial charge in [-0.15, -0.1) is 0 Å². The molecule has 0 fully saturated rings. The fourth-order valence-electron chi connectivity index (χ4n) is 2.70. The number of hydrogen-bond donors (Lipinski definition) is 1. The zero-order valence-corrected chi connectivity index (χ0v) is 12.1. The summed E-state index contributed by atoms with van der Waals surface area (Å²) >= 11 is 0. The van der Waals surface area contributed by atoms with Gasteiger partial charge in [0.2, 0.25) is 0 Å². The number of fused-ring (bicyclic) bond motifs is 1. The number of halogens is 1. The summed E-state index contributed by atoms with van der Waals surface area (Å²) in [5.41, 5.74) is 3.53. The molecule has 2 nitrogen and oxygen atoms in total. The topological polar surface area (TPSA) is 24.9 Å². The third kappa shape index (κ3) is 2.52. The second-order valence-electron chi connectivity index (χ2n) is 5.12. The zero-order valence-electron chi connectivity index (χ0n) is 12.1. The Morgan fingerprint density at radius 3 is 2.52 bits per heavy atom. The van der Waals surface area contributed by atoms with Crippen LogP contribution in [-0.4, -0.2) is 12.0 Å². The summed E-state index contributed by atoms with van der Waals surface area (Å²) in [7, 11) is 1.82. The van der Waals surface area contributed by atoms with Crippen LogP contribution in [0.3, 0.4) is 0 Å². The van der Waals surface area contributed by atoms with Crippen LogP contribution in [0.2, 0.25) is 0 Å². The van der Waals surface area contributed by atoms with E-state index in [1.165, 1.54) is 6.07 Å². The summed E-state index contributed by atoms with van der Waals surface area (Å²) in [4.78, 5) is 4.70. The molecule has 0 radical (unpaired) electrons. The van der Waals surface area contributed by atoms with E-state index in [2.05, 4.69) is 18.3 Å². The first-order valence-electron chi connectivity index (χ1n) is 6.98. The van der Waals surface area contributed by atoms with E-state index in [0.29, 0.717) is 5.56 Å². The molecule has 106 valence electrons. The van der Waals surface area contributed by atoms with Gasteiger partial charge in [0.1, 0.15) is 5.82 Å². The molecular weight excluding hydrogens is 263 g/mol. The van der Waals surface area contributed by atoms with Crippen molar-refractivity contribution in [1.82, 2.24) is 10.3 Å². The van der Waals surface area contributed by atoms with E-state index in [0.717, 1.165) is 22.2 Å². The number of para-hydroxylation sites is 1. The Morgan fingerprint density at radius 2 is 1.76 bits per heavy atom. The van der Waals surface area contributed by atoms with Gasteiger partial charge in [0.25, 0.3) is 0 Å². The van der Waals surface area contributed by atoms with Crippen LogP contribution in [0.5, 0.6) is 0 Å². The maximum absolute atomic E-state index is 14.1. The molecule has 3 rings (SSSR count). The van der Waals surface area contributed by atoms with E-state index >= 15 is 0 Å². The van der Waals surface area contributed by atoms with Crippen molar-refractivity contribution < 1.29 is 4.39 Å². The predicted octanol–water partition coefficient (Wildman–Crippen LogP) is 3.99. The minimum Gasteiger partial charge on any atom is -0.308 e. The third-order valence-corrected chi connectivity index (χ3v) is 3.74. The summed E-state index contributed by atoms with van der Waals surface area (Å²) in [6.45, 7) is 2.06. The lowest BCUT2D eigenvalue weighted by Crippen LogP contribution is -2.20. The number of nitrogens with one attached hydrogen (secondary N) is 1. The van der Waals surface area contributed by atoms with Gasteiger partial charge in [0.05, 0.1) is 17.3 Å². The average molecular weight is 280 g/mol. The number of aromatic nitrogens is 1. The Balaban J connectivity index is 2.16. The standard InChI is InChI=1S/C18H17FN2/c1-12-11-17(21-16-10-6-4-7-13(12)16)18(20-2)14-8-3-5-9-15(14)19/h3-11,18,20H,1-2H3. The maximum atomic E-state index is 14.1. The number of hydrogen-bond acceptors (Lipinski definition) is 2. The van der Waals surface area contributed by atoms with Crippen LogP contribution in [0.1, 0.15) is 22.9 Å². The van der Waals surface area contributed by atoms with Gasteiger partial charge in [-0.25, -0.2) is 4.39 Å². The fourth-order valence-corrected chi connectivity index (χ4v) is 2.70. The largest absolute Gasteiger partial charge is 0.308 e. The molecule has 2 aromatic carbocycles. The Kier molecular flexibility index (Phi) is 3.67. The van der Waals surface area contributed by atoms with Crippen LogP contribution in [0.25, 0.3) is 10.9 Å². The molecule has 0 aliphatic carbocycles. The van der Waals surface area contributed by atoms with Gasteiger partial charge in [0, 0.05) is 10.9 Å². The van der Waals surface area contributed by atoms with Crippen LogP contribution in [0, 0.1) is 12.7 Å². The molecule has 21 heavy (non-hydrogen) atoms. The van der Waals surface area contributed by atoms with Gasteiger partial charge >= 0.3 is 0 Å². The molecule has 1 heterocycles. The number of pyridine rings is 1. The maximum Gasteiger partial charge on any atom is 0.128 e. The molecule has 1 aromatic heterocycles. The fraction of sp³-hybridized carbons (Fsp3) is 0.167. The molecule has 0 saturated carbocycles. The Morgan fingerprint density at radius 1 is 1.05 bits per heavy atom. The molecule has 0 spiro atoms. The van der Waals surface area contributed by atoms with Gasteiger partial charge < -0.3 is 5.32 Å². The highest BCUT2D eigenvalue weighted by atomic mass is 19.1. The van der Waals surface area contributed by atoms with Crippen LogP contribution in [0.4, 0.5) is 4.39 Å². The molecule has 1 N–H and O–H groups in total. The minimum atomic E-state index is -0.255. The van der Waals surface area contributed by atoms with Gasteiger partial charge in [-0.1, -0.05) is 36.4 Å². The van der Waals surface area contributed by atoms with Gasteiger partial charge in [-0.3, -0.25) is 4.98 Å². The lowest BCUT2D eigenvalue weighted by atomic mass is 10.00. The van der Waals surface area contributed by atoms with Crippen LogP contribution < -0.4 is 5.32 Å². The van der Waals surface area contributed by atoms with Crippen molar-refractivity contribution in [2.75, 3.05) is 7.05 Å². The summed E-state index contributed by atoms with van der Waals surface area (Å²) in [6.07, 6.45) is 0. The van der Waals surface area contributed by atoms with Crippen LogP contribution >= 0.6 is 0 Å². The van der Waals surface area contributed by atoms with E-state index < -0.39 is 0 Å². The monoisotopic (exact) mass is 280 g/mol. The first-order valence-corrected chi connectivity index (χ1v) is 6.98. The molecule has 1 atom stereocenters. The number of nitrogens with zero attached hydrogens (tertiary/aromatic N) is 1. The summed E-state index contributed by atoms with van der Waals surface area (Å²) in [6, 6.07) is 16.6. The van der Waals surface area contributed by atoms with E-state index in [-0.39, 0.29) is 11.9 Å². The summed E-state index contributed by atoms with van der Waals surface area (Å²) in [5, 5.41) is 4.29. The smallest absolute Gasteiger partial charge is 0.128 e. The molecule has 0 aliphatic heterocycles. The Bertz CT molecular complexity index is 783. The van der Waals surface area contributed by atoms with Crippen molar-refractivity contribution in [1.29, 1.82) is 0 Å². The van der Waals surface area contributed by atoms with Gasteiger partial charge in [0.15, 0.2) is 0 Å². The van der Waals surface area contributed by atoms with E-state index in [4.69, 9.17) is 4.98 Å². The molecule has 0 aliphatic rings. The van der Waals surface area contributed by atoms with Crippen molar-refractivity contribution in [3.05, 3.63) is 77.2 Å². The summed E-state index contributed by atoms with van der Waals surface area (Å²) < 4.78 is 14.1. The molecule has 0 bridgehead atoms. The van der Waals surface area contributed by atoms with Crippen molar-refractivity contribution in [2.24, 2.45) is 0 Å². The minimum absolute atomic E-state index is 0.218. The van der Waals surface area contributed by atoms with E-state index in [1.54, 1.807) is 12.1 Å². The second-order valence-corrected chi connectivity index (χ2v) is 5.12. The summed E-state index contributed by atoms with van der Waals surface area (Å²) in [5.74, 6) is -0.218. The average Bonchev–Trinajstić information content (AvgIpc) is 2.50. The number of benzene rings is 2. The van der Waals surface area contributed by atoms with E-state index in [9.17, 15) is 4.39 Å². The van der Waals surface area contributed by atoms with Crippen molar-refractivity contribution >= 4 is 10.9 Å². The third-order valence-electron chi connectivity index (χ3n) is 3.74. The lowest BCUT2D eigenvalue weighted by molar-refractivity contribution is 0.571. The second kappa shape index (κ2) is 5.62. The lowest BCUT2D eigenvalue weighted by Gasteiger charge is -2.18. The number of rotatable bonds is 3. The van der Waals surface area contributed by atoms with Crippen LogP contribution in [0.15, 0.2) is 54.6 Å². The van der Waals surface area contributed by atoms with Crippen molar-refractivity contribution in [3.63, 3.8) is 0 Å². The zero-order chi connectivity index (χ0) is 14.8. The van der Waals surface area contributed by atoms with E-state index in [1.807, 2.05) is 37.4 Å². The molecule has 3 aromatic rings. The predicted molar refractivity (Wildman–Crippen MR) is 83.8 cm³/mol. The molecule has 0 saturated heterocycles. The highest BCUT2D eigenvalue weighted by Crippen LogP contribution is 2.26. The first-order chi connectivity index (χ1) is 10.2. The van der Waals surface area contributed by atoms with Crippen molar-refractivity contribution in [3.8, 4) is 0 Å². The number of aryl methyl sites for hydroxylation is 1. The molecule has 0 amide bonds. The van der Waals surface area contributed by atoms with Gasteiger partial charge in [-0.05, 0) is 37.7 Å². The normalized spacial score (nSPS) is 12.5. The molecular formula is C18H17FN2. The first kappa shape index (κ1) is 13.7. The highest BCUT2D eigenvalue weighted by Gasteiger charge is 2.18. The van der Waals surface area contributed by atoms with Crippen LogP contribution in [-0.2, 0) is 0 Å². The van der Waals surface area contributed by atoms with Gasteiger partial charge in [-0.2, -0.15) is 0 Å². The quantitative estimate of drug-likeness (QED) is 0.784. The van der Waals surface area contributed by atoms with Crippen molar-refractivity contribution in [2.45, 2.75) is 13.0 Å².